The third-order valence-electron chi connectivity index (χ3n) is 4.22. The van der Waals surface area contributed by atoms with Crippen molar-refractivity contribution >= 4 is 0 Å². The first-order chi connectivity index (χ1) is 8.43. The Bertz CT molecular complexity index is 225. The van der Waals surface area contributed by atoms with Crippen LogP contribution in [0, 0.1) is 17.8 Å². The second-order valence-electron chi connectivity index (χ2n) is 7.01. The summed E-state index contributed by atoms with van der Waals surface area (Å²) in [4.78, 5) is 2.75. The molecule has 3 unspecified atom stereocenters. The molecule has 0 bridgehead atoms. The summed E-state index contributed by atoms with van der Waals surface area (Å²) in [5.41, 5.74) is 0. The summed E-state index contributed by atoms with van der Waals surface area (Å²) < 4.78 is 0. The van der Waals surface area contributed by atoms with Crippen LogP contribution >= 0.6 is 0 Å². The van der Waals surface area contributed by atoms with Crippen LogP contribution in [0.5, 0.6) is 0 Å². The molecule has 18 heavy (non-hydrogen) atoms. The van der Waals surface area contributed by atoms with Crippen LogP contribution in [-0.4, -0.2) is 36.6 Å². The quantitative estimate of drug-likeness (QED) is 0.782. The fraction of sp³-hybridized carbons (Fsp3) is 1.00. The molecule has 108 valence electrons. The van der Waals surface area contributed by atoms with Gasteiger partial charge in [0.15, 0.2) is 0 Å². The molecular formula is C16H34N2. The Balaban J connectivity index is 2.55. The highest BCUT2D eigenvalue weighted by Crippen LogP contribution is 2.20. The molecule has 2 heteroatoms. The monoisotopic (exact) mass is 254 g/mol. The van der Waals surface area contributed by atoms with Gasteiger partial charge < -0.3 is 5.32 Å². The molecule has 0 aromatic carbocycles. The first-order valence-electron chi connectivity index (χ1n) is 7.91. The Morgan fingerprint density at radius 1 is 1.17 bits per heavy atom. The van der Waals surface area contributed by atoms with E-state index in [1.54, 1.807) is 0 Å². The van der Waals surface area contributed by atoms with Crippen molar-refractivity contribution in [1.82, 2.24) is 10.2 Å². The van der Waals surface area contributed by atoms with Gasteiger partial charge in [0.05, 0.1) is 0 Å². The summed E-state index contributed by atoms with van der Waals surface area (Å²) in [7, 11) is 0. The molecule has 0 saturated carbocycles. The third kappa shape index (κ3) is 4.89. The summed E-state index contributed by atoms with van der Waals surface area (Å²) in [6.07, 6.45) is 2.60. The summed E-state index contributed by atoms with van der Waals surface area (Å²) in [5, 5.41) is 3.70. The summed E-state index contributed by atoms with van der Waals surface area (Å²) >= 11 is 0. The minimum Gasteiger partial charge on any atom is -0.311 e. The SMILES string of the molecule is CCC1CN(CC(C)CC(C)C)C(C(C)C)CN1. The van der Waals surface area contributed by atoms with Crippen LogP contribution in [-0.2, 0) is 0 Å². The highest BCUT2D eigenvalue weighted by molar-refractivity contribution is 4.87. The lowest BCUT2D eigenvalue weighted by Crippen LogP contribution is -2.58. The Labute approximate surface area is 115 Å². The third-order valence-corrected chi connectivity index (χ3v) is 4.22. The van der Waals surface area contributed by atoms with Crippen LogP contribution < -0.4 is 5.32 Å². The summed E-state index contributed by atoms with van der Waals surface area (Å²) in [6.45, 7) is 17.8. The molecule has 1 fully saturated rings. The van der Waals surface area contributed by atoms with E-state index >= 15 is 0 Å². The van der Waals surface area contributed by atoms with Gasteiger partial charge in [-0.05, 0) is 30.6 Å². The highest BCUT2D eigenvalue weighted by Gasteiger charge is 2.29. The molecule has 1 aliphatic heterocycles. The number of nitrogens with one attached hydrogen (secondary N) is 1. The standard InChI is InChI=1S/C16H34N2/c1-7-15-11-18(10-14(6)8-12(2)3)16(9-17-15)13(4)5/h12-17H,7-11H2,1-6H3. The molecule has 0 radical (unpaired) electrons. The lowest BCUT2D eigenvalue weighted by atomic mass is 9.93. The van der Waals surface area contributed by atoms with Crippen molar-refractivity contribution in [1.29, 1.82) is 0 Å². The zero-order chi connectivity index (χ0) is 13.7. The smallest absolute Gasteiger partial charge is 0.0244 e. The van der Waals surface area contributed by atoms with Gasteiger partial charge in [-0.2, -0.15) is 0 Å². The molecule has 1 N–H and O–H groups in total. The highest BCUT2D eigenvalue weighted by atomic mass is 15.2. The molecule has 0 aromatic rings. The van der Waals surface area contributed by atoms with Gasteiger partial charge in [-0.15, -0.1) is 0 Å². The molecule has 3 atom stereocenters. The van der Waals surface area contributed by atoms with Crippen molar-refractivity contribution in [3.05, 3.63) is 0 Å². The zero-order valence-corrected chi connectivity index (χ0v) is 13.4. The first kappa shape index (κ1) is 16.0. The maximum absolute atomic E-state index is 3.70. The van der Waals surface area contributed by atoms with Gasteiger partial charge in [-0.1, -0.05) is 41.5 Å². The minimum atomic E-state index is 0.700. The second kappa shape index (κ2) is 7.49. The molecule has 1 saturated heterocycles. The second-order valence-corrected chi connectivity index (χ2v) is 7.01. The first-order valence-corrected chi connectivity index (χ1v) is 7.91. The van der Waals surface area contributed by atoms with Gasteiger partial charge in [0.1, 0.15) is 0 Å². The predicted octanol–water partition coefficient (Wildman–Crippen LogP) is 3.38. The van der Waals surface area contributed by atoms with E-state index in [1.807, 2.05) is 0 Å². The van der Waals surface area contributed by atoms with Crippen LogP contribution in [0.4, 0.5) is 0 Å². The van der Waals surface area contributed by atoms with Crippen molar-refractivity contribution in [2.45, 2.75) is 66.5 Å². The van der Waals surface area contributed by atoms with E-state index in [9.17, 15) is 0 Å². The Morgan fingerprint density at radius 3 is 2.33 bits per heavy atom. The van der Waals surface area contributed by atoms with Crippen molar-refractivity contribution in [3.63, 3.8) is 0 Å². The molecule has 2 nitrogen and oxygen atoms in total. The lowest BCUT2D eigenvalue weighted by molar-refractivity contribution is 0.0795. The molecule has 1 rings (SSSR count). The van der Waals surface area contributed by atoms with Gasteiger partial charge in [0, 0.05) is 31.7 Å². The van der Waals surface area contributed by atoms with E-state index in [-0.39, 0.29) is 0 Å². The van der Waals surface area contributed by atoms with E-state index in [1.165, 1.54) is 32.5 Å². The molecular weight excluding hydrogens is 220 g/mol. The summed E-state index contributed by atoms with van der Waals surface area (Å²) in [6, 6.07) is 1.42. The Morgan fingerprint density at radius 2 is 1.83 bits per heavy atom. The van der Waals surface area contributed by atoms with Crippen molar-refractivity contribution < 1.29 is 0 Å². The van der Waals surface area contributed by atoms with E-state index in [4.69, 9.17) is 0 Å². The van der Waals surface area contributed by atoms with Crippen LogP contribution in [0.1, 0.15) is 54.4 Å². The van der Waals surface area contributed by atoms with Crippen LogP contribution in [0.15, 0.2) is 0 Å². The van der Waals surface area contributed by atoms with E-state index < -0.39 is 0 Å². The number of rotatable bonds is 6. The molecule has 1 aliphatic rings. The fourth-order valence-electron chi connectivity index (χ4n) is 3.32. The van der Waals surface area contributed by atoms with E-state index in [0.29, 0.717) is 6.04 Å². The Hall–Kier alpha value is -0.0800. The molecule has 0 aromatic heterocycles. The maximum atomic E-state index is 3.70. The van der Waals surface area contributed by atoms with Gasteiger partial charge >= 0.3 is 0 Å². The van der Waals surface area contributed by atoms with Crippen molar-refractivity contribution in [3.8, 4) is 0 Å². The van der Waals surface area contributed by atoms with Gasteiger partial charge in [0.25, 0.3) is 0 Å². The normalized spacial score (nSPS) is 28.0. The summed E-state index contributed by atoms with van der Waals surface area (Å²) in [5.74, 6) is 2.39. The average molecular weight is 254 g/mol. The number of hydrogen-bond donors (Lipinski definition) is 1. The fourth-order valence-corrected chi connectivity index (χ4v) is 3.32. The molecule has 0 spiro atoms. The maximum Gasteiger partial charge on any atom is 0.0244 e. The van der Waals surface area contributed by atoms with E-state index in [0.717, 1.165) is 23.8 Å². The van der Waals surface area contributed by atoms with Gasteiger partial charge in [-0.3, -0.25) is 4.90 Å². The number of hydrogen-bond acceptors (Lipinski definition) is 2. The van der Waals surface area contributed by atoms with Gasteiger partial charge in [-0.25, -0.2) is 0 Å². The molecule has 1 heterocycles. The van der Waals surface area contributed by atoms with Crippen LogP contribution in [0.25, 0.3) is 0 Å². The number of piperazine rings is 1. The van der Waals surface area contributed by atoms with Crippen LogP contribution in [0.3, 0.4) is 0 Å². The average Bonchev–Trinajstić information content (AvgIpc) is 2.27. The predicted molar refractivity (Wildman–Crippen MR) is 80.9 cm³/mol. The largest absolute Gasteiger partial charge is 0.311 e. The Kier molecular flexibility index (Phi) is 6.65. The molecule has 0 amide bonds. The van der Waals surface area contributed by atoms with E-state index in [2.05, 4.69) is 51.8 Å². The topological polar surface area (TPSA) is 15.3 Å². The minimum absolute atomic E-state index is 0.700. The van der Waals surface area contributed by atoms with Crippen LogP contribution in [0.2, 0.25) is 0 Å². The zero-order valence-electron chi connectivity index (χ0n) is 13.4. The molecule has 0 aliphatic carbocycles. The number of nitrogens with zero attached hydrogens (tertiary/aromatic N) is 1. The lowest BCUT2D eigenvalue weighted by Gasteiger charge is -2.43. The van der Waals surface area contributed by atoms with Crippen molar-refractivity contribution in [2.24, 2.45) is 17.8 Å². The van der Waals surface area contributed by atoms with Gasteiger partial charge in [0.2, 0.25) is 0 Å². The van der Waals surface area contributed by atoms with Crippen molar-refractivity contribution in [2.75, 3.05) is 19.6 Å².